The van der Waals surface area contributed by atoms with Crippen LogP contribution < -0.4 is 0 Å². The van der Waals surface area contributed by atoms with Crippen molar-refractivity contribution in [3.63, 3.8) is 0 Å². The molecule has 0 atom stereocenters. The van der Waals surface area contributed by atoms with E-state index in [2.05, 4.69) is 54.8 Å². The molecule has 150 valence electrons. The monoisotopic (exact) mass is 370 g/mol. The smallest absolute Gasteiger partial charge is 0.236 e. The molecule has 3 nitrogen and oxygen atoms in total. The van der Waals surface area contributed by atoms with Gasteiger partial charge in [-0.1, -0.05) is 51.5 Å². The average molecular weight is 371 g/mol. The normalized spacial score (nSPS) is 20.4. The van der Waals surface area contributed by atoms with Gasteiger partial charge in [-0.15, -0.1) is 0 Å². The van der Waals surface area contributed by atoms with Gasteiger partial charge in [0.15, 0.2) is 0 Å². The lowest BCUT2D eigenvalue weighted by atomic mass is 9.89. The minimum atomic E-state index is 0.352. The van der Waals surface area contributed by atoms with E-state index in [0.29, 0.717) is 18.4 Å². The first-order chi connectivity index (χ1) is 13.0. The highest BCUT2D eigenvalue weighted by Gasteiger charge is 2.26. The number of piperidine rings is 2. The molecule has 1 aromatic rings. The van der Waals surface area contributed by atoms with Gasteiger partial charge in [-0.2, -0.15) is 0 Å². The molecule has 0 aliphatic carbocycles. The van der Waals surface area contributed by atoms with Crippen LogP contribution in [0.4, 0.5) is 0 Å². The standard InChI is InChI=1S/C24H38N2O/c1-4-20-9-13-25(14-10-20)18-24(27)26-15-11-22(12-16-26)17-21-5-7-23(8-6-21)19(2)3/h5-8,19-20,22H,4,9-18H2,1-3H3. The van der Waals surface area contributed by atoms with Crippen LogP contribution in [0.5, 0.6) is 0 Å². The Morgan fingerprint density at radius 1 is 0.963 bits per heavy atom. The second-order valence-electron chi connectivity index (χ2n) is 9.05. The molecular weight excluding hydrogens is 332 g/mol. The van der Waals surface area contributed by atoms with E-state index >= 15 is 0 Å². The molecular formula is C24H38N2O. The molecule has 0 bridgehead atoms. The van der Waals surface area contributed by atoms with Crippen LogP contribution in [-0.2, 0) is 11.2 Å². The van der Waals surface area contributed by atoms with Gasteiger partial charge in [-0.05, 0) is 74.1 Å². The summed E-state index contributed by atoms with van der Waals surface area (Å²) in [6, 6.07) is 9.15. The Hall–Kier alpha value is -1.35. The molecule has 0 spiro atoms. The molecule has 2 aliphatic heterocycles. The number of hydrogen-bond acceptors (Lipinski definition) is 2. The van der Waals surface area contributed by atoms with Crippen LogP contribution in [-0.4, -0.2) is 48.4 Å². The van der Waals surface area contributed by atoms with Crippen LogP contribution >= 0.6 is 0 Å². The first-order valence-electron chi connectivity index (χ1n) is 11.1. The van der Waals surface area contributed by atoms with E-state index in [9.17, 15) is 4.79 Å². The number of benzene rings is 1. The van der Waals surface area contributed by atoms with Crippen molar-refractivity contribution >= 4 is 5.91 Å². The number of rotatable bonds is 6. The van der Waals surface area contributed by atoms with Gasteiger partial charge in [0, 0.05) is 13.1 Å². The van der Waals surface area contributed by atoms with Crippen LogP contribution in [0.15, 0.2) is 24.3 Å². The van der Waals surface area contributed by atoms with Crippen molar-refractivity contribution in [3.05, 3.63) is 35.4 Å². The minimum absolute atomic E-state index is 0.352. The predicted octanol–water partition coefficient (Wildman–Crippen LogP) is 4.71. The van der Waals surface area contributed by atoms with Crippen molar-refractivity contribution in [3.8, 4) is 0 Å². The Labute approximate surface area is 166 Å². The van der Waals surface area contributed by atoms with E-state index in [1.165, 1.54) is 30.4 Å². The Balaban J connectivity index is 1.40. The zero-order valence-electron chi connectivity index (χ0n) is 17.6. The molecule has 2 saturated heterocycles. The van der Waals surface area contributed by atoms with E-state index in [1.807, 2.05) is 0 Å². The highest BCUT2D eigenvalue weighted by molar-refractivity contribution is 5.78. The van der Waals surface area contributed by atoms with E-state index < -0.39 is 0 Å². The van der Waals surface area contributed by atoms with Crippen molar-refractivity contribution in [1.29, 1.82) is 0 Å². The number of amides is 1. The highest BCUT2D eigenvalue weighted by Crippen LogP contribution is 2.24. The third-order valence-electron chi connectivity index (χ3n) is 6.78. The summed E-state index contributed by atoms with van der Waals surface area (Å²) in [5.41, 5.74) is 2.87. The van der Waals surface area contributed by atoms with Gasteiger partial charge in [-0.25, -0.2) is 0 Å². The molecule has 0 aromatic heterocycles. The molecule has 0 unspecified atom stereocenters. The van der Waals surface area contributed by atoms with E-state index in [1.54, 1.807) is 0 Å². The minimum Gasteiger partial charge on any atom is -0.342 e. The summed E-state index contributed by atoms with van der Waals surface area (Å²) in [6.45, 7) is 11.5. The first kappa shape index (κ1) is 20.4. The van der Waals surface area contributed by atoms with Gasteiger partial charge in [0.05, 0.1) is 6.54 Å². The van der Waals surface area contributed by atoms with Crippen molar-refractivity contribution in [2.24, 2.45) is 11.8 Å². The van der Waals surface area contributed by atoms with Gasteiger partial charge in [0.2, 0.25) is 5.91 Å². The average Bonchev–Trinajstić information content (AvgIpc) is 2.69. The third kappa shape index (κ3) is 5.81. The summed E-state index contributed by atoms with van der Waals surface area (Å²) in [7, 11) is 0. The molecule has 2 heterocycles. The Kier molecular flexibility index (Phi) is 7.34. The summed E-state index contributed by atoms with van der Waals surface area (Å²) in [5.74, 6) is 2.55. The van der Waals surface area contributed by atoms with Crippen LogP contribution in [0.2, 0.25) is 0 Å². The summed E-state index contributed by atoms with van der Waals surface area (Å²) < 4.78 is 0. The van der Waals surface area contributed by atoms with Gasteiger partial charge in [0.1, 0.15) is 0 Å². The lowest BCUT2D eigenvalue weighted by molar-refractivity contribution is -0.134. The second-order valence-corrected chi connectivity index (χ2v) is 9.05. The van der Waals surface area contributed by atoms with Crippen LogP contribution in [0.3, 0.4) is 0 Å². The molecule has 2 aliphatic rings. The van der Waals surface area contributed by atoms with Crippen LogP contribution in [0.25, 0.3) is 0 Å². The zero-order valence-corrected chi connectivity index (χ0v) is 17.6. The Morgan fingerprint density at radius 3 is 2.11 bits per heavy atom. The van der Waals surface area contributed by atoms with Gasteiger partial charge in [-0.3, -0.25) is 9.69 Å². The maximum Gasteiger partial charge on any atom is 0.236 e. The molecule has 3 rings (SSSR count). The summed E-state index contributed by atoms with van der Waals surface area (Å²) in [5, 5.41) is 0. The third-order valence-corrected chi connectivity index (χ3v) is 6.78. The lowest BCUT2D eigenvalue weighted by Gasteiger charge is -2.35. The summed E-state index contributed by atoms with van der Waals surface area (Å²) >= 11 is 0. The lowest BCUT2D eigenvalue weighted by Crippen LogP contribution is -2.46. The molecule has 1 aromatic carbocycles. The molecule has 1 amide bonds. The fraction of sp³-hybridized carbons (Fsp3) is 0.708. The summed E-state index contributed by atoms with van der Waals surface area (Å²) in [4.78, 5) is 17.2. The topological polar surface area (TPSA) is 23.6 Å². The SMILES string of the molecule is CCC1CCN(CC(=O)N2CCC(Cc3ccc(C(C)C)cc3)CC2)CC1. The van der Waals surface area contributed by atoms with E-state index in [4.69, 9.17) is 0 Å². The number of likely N-dealkylation sites (tertiary alicyclic amines) is 2. The van der Waals surface area contributed by atoms with E-state index in [0.717, 1.165) is 57.3 Å². The van der Waals surface area contributed by atoms with Gasteiger partial charge < -0.3 is 4.90 Å². The van der Waals surface area contributed by atoms with Crippen molar-refractivity contribution in [1.82, 2.24) is 9.80 Å². The number of carbonyl (C=O) groups is 1. The fourth-order valence-corrected chi connectivity index (χ4v) is 4.60. The largest absolute Gasteiger partial charge is 0.342 e. The molecule has 3 heteroatoms. The van der Waals surface area contributed by atoms with Crippen molar-refractivity contribution in [2.45, 2.75) is 65.2 Å². The number of hydrogen-bond donors (Lipinski definition) is 0. The molecule has 27 heavy (non-hydrogen) atoms. The zero-order chi connectivity index (χ0) is 19.2. The van der Waals surface area contributed by atoms with Crippen molar-refractivity contribution < 1.29 is 4.79 Å². The predicted molar refractivity (Wildman–Crippen MR) is 113 cm³/mol. The van der Waals surface area contributed by atoms with Gasteiger partial charge >= 0.3 is 0 Å². The van der Waals surface area contributed by atoms with Crippen molar-refractivity contribution in [2.75, 3.05) is 32.7 Å². The number of carbonyl (C=O) groups excluding carboxylic acids is 1. The highest BCUT2D eigenvalue weighted by atomic mass is 16.2. The maximum atomic E-state index is 12.7. The second kappa shape index (κ2) is 9.73. The Morgan fingerprint density at radius 2 is 1.56 bits per heavy atom. The first-order valence-corrected chi connectivity index (χ1v) is 11.1. The maximum absolute atomic E-state index is 12.7. The molecule has 0 saturated carbocycles. The number of nitrogens with zero attached hydrogens (tertiary/aromatic N) is 2. The summed E-state index contributed by atoms with van der Waals surface area (Å²) in [6.07, 6.45) is 7.27. The fourth-order valence-electron chi connectivity index (χ4n) is 4.60. The Bertz CT molecular complexity index is 579. The quantitative estimate of drug-likeness (QED) is 0.724. The van der Waals surface area contributed by atoms with Crippen LogP contribution in [0.1, 0.15) is 69.9 Å². The van der Waals surface area contributed by atoms with Gasteiger partial charge in [0.25, 0.3) is 0 Å². The van der Waals surface area contributed by atoms with E-state index in [-0.39, 0.29) is 0 Å². The molecule has 2 fully saturated rings. The van der Waals surface area contributed by atoms with Crippen LogP contribution in [0, 0.1) is 11.8 Å². The molecule has 0 N–H and O–H groups in total. The molecule has 0 radical (unpaired) electrons.